The summed E-state index contributed by atoms with van der Waals surface area (Å²) < 4.78 is 139. The monoisotopic (exact) mass is 694 g/mol. The minimum Gasteiger partial charge on any atom is -0.496 e. The number of cyclic esters (lactones) is 1. The molecule has 3 aromatic rings. The SMILES string of the molecule is COc1cc(Cl)c(OCCCC#N)cc1-c1ccc(C(F)(F)F)cc1CN1C(=O)O[C@H](c2cc(C(F)(F)F)cc(C(F)(F)F)c2)[C@@H]1C. The first-order chi connectivity index (χ1) is 21.8. The second-order valence-electron chi connectivity index (χ2n) is 10.5. The zero-order valence-electron chi connectivity index (χ0n) is 24.4. The van der Waals surface area contributed by atoms with Gasteiger partial charge in [-0.2, -0.15) is 44.8 Å². The third-order valence-corrected chi connectivity index (χ3v) is 7.63. The molecule has 0 N–H and O–H groups in total. The summed E-state index contributed by atoms with van der Waals surface area (Å²) in [6.07, 6.45) is -17.4. The smallest absolute Gasteiger partial charge is 0.416 e. The van der Waals surface area contributed by atoms with E-state index in [1.165, 1.54) is 26.2 Å². The maximum Gasteiger partial charge on any atom is 0.416 e. The maximum absolute atomic E-state index is 13.8. The van der Waals surface area contributed by atoms with Crippen molar-refractivity contribution in [3.63, 3.8) is 0 Å². The molecule has 0 bridgehead atoms. The molecule has 1 saturated heterocycles. The Hall–Kier alpha value is -4.32. The van der Waals surface area contributed by atoms with Crippen molar-refractivity contribution in [2.45, 2.75) is 57.0 Å². The van der Waals surface area contributed by atoms with Crippen molar-refractivity contribution in [2.75, 3.05) is 13.7 Å². The fraction of sp³-hybridized carbons (Fsp3) is 0.355. The summed E-state index contributed by atoms with van der Waals surface area (Å²) in [7, 11) is 1.28. The number of nitrogens with zero attached hydrogens (tertiary/aromatic N) is 2. The Morgan fingerprint density at radius 3 is 2.04 bits per heavy atom. The summed E-state index contributed by atoms with van der Waals surface area (Å²) in [4.78, 5) is 13.9. The number of ether oxygens (including phenoxy) is 3. The lowest BCUT2D eigenvalue weighted by Crippen LogP contribution is -2.32. The Bertz CT molecular complexity index is 1650. The summed E-state index contributed by atoms with van der Waals surface area (Å²) in [6.45, 7) is 0.778. The second-order valence-corrected chi connectivity index (χ2v) is 10.9. The van der Waals surface area contributed by atoms with Crippen molar-refractivity contribution in [2.24, 2.45) is 0 Å². The molecule has 0 aliphatic carbocycles. The number of hydrogen-bond acceptors (Lipinski definition) is 5. The molecule has 16 heteroatoms. The molecule has 0 aromatic heterocycles. The van der Waals surface area contributed by atoms with Crippen LogP contribution in [0.3, 0.4) is 0 Å². The van der Waals surface area contributed by atoms with Crippen LogP contribution in [0.25, 0.3) is 11.1 Å². The van der Waals surface area contributed by atoms with Gasteiger partial charge in [-0.05, 0) is 66.4 Å². The molecule has 0 saturated carbocycles. The number of carbonyl (C=O) groups excluding carboxylic acids is 1. The Labute approximate surface area is 267 Å². The van der Waals surface area contributed by atoms with Gasteiger partial charge < -0.3 is 14.2 Å². The summed E-state index contributed by atoms with van der Waals surface area (Å²) in [5.74, 6) is 0.226. The van der Waals surface area contributed by atoms with Crippen LogP contribution < -0.4 is 9.47 Å². The number of halogens is 10. The molecular weight excluding hydrogens is 671 g/mol. The molecule has 1 aliphatic rings. The molecule has 0 spiro atoms. The van der Waals surface area contributed by atoms with E-state index < -0.39 is 65.6 Å². The van der Waals surface area contributed by atoms with E-state index in [-0.39, 0.29) is 52.3 Å². The molecule has 6 nitrogen and oxygen atoms in total. The molecule has 0 radical (unpaired) electrons. The van der Waals surface area contributed by atoms with Gasteiger partial charge in [0.05, 0.1) is 54.1 Å². The highest BCUT2D eigenvalue weighted by molar-refractivity contribution is 6.32. The summed E-state index contributed by atoms with van der Waals surface area (Å²) >= 11 is 6.30. The first-order valence-corrected chi connectivity index (χ1v) is 14.1. The Kier molecular flexibility index (Phi) is 10.1. The maximum atomic E-state index is 13.8. The molecule has 47 heavy (non-hydrogen) atoms. The van der Waals surface area contributed by atoms with Crippen LogP contribution in [0.5, 0.6) is 11.5 Å². The fourth-order valence-electron chi connectivity index (χ4n) is 5.01. The topological polar surface area (TPSA) is 71.8 Å². The van der Waals surface area contributed by atoms with Crippen LogP contribution in [0.15, 0.2) is 48.5 Å². The number of amides is 1. The average Bonchev–Trinajstić information content (AvgIpc) is 3.26. The standard InChI is InChI=1S/C31H24ClF9N2O4/c1-16-27(17-9-20(30(36,37)38)12-21(10-17)31(39,40)41)47-28(44)43(16)15-18-11-19(29(33,34)35)5-6-22(18)23-13-26(46-8-4-3-7-42)24(32)14-25(23)45-2/h5-6,9-14,16,27H,3-4,8,15H2,1-2H3/t16-,27-/m0/s1. The largest absolute Gasteiger partial charge is 0.496 e. The number of alkyl halides is 9. The molecule has 3 aromatic carbocycles. The van der Waals surface area contributed by atoms with E-state index in [0.29, 0.717) is 18.6 Å². The van der Waals surface area contributed by atoms with Crippen molar-refractivity contribution in [3.05, 3.63) is 81.4 Å². The minimum absolute atomic E-state index is 0.0708. The van der Waals surface area contributed by atoms with Crippen molar-refractivity contribution in [3.8, 4) is 28.7 Å². The highest BCUT2D eigenvalue weighted by Gasteiger charge is 2.44. The van der Waals surface area contributed by atoms with Crippen molar-refractivity contribution < 1.29 is 58.5 Å². The van der Waals surface area contributed by atoms with Crippen LogP contribution in [-0.4, -0.2) is 30.8 Å². The van der Waals surface area contributed by atoms with Crippen molar-refractivity contribution in [1.82, 2.24) is 4.90 Å². The van der Waals surface area contributed by atoms with Gasteiger partial charge in [0.25, 0.3) is 0 Å². The van der Waals surface area contributed by atoms with Gasteiger partial charge in [-0.15, -0.1) is 0 Å². The van der Waals surface area contributed by atoms with Crippen molar-refractivity contribution in [1.29, 1.82) is 5.26 Å². The van der Waals surface area contributed by atoms with Gasteiger partial charge in [-0.25, -0.2) is 4.79 Å². The summed E-state index contributed by atoms with van der Waals surface area (Å²) in [6, 6.07) is 6.94. The van der Waals surface area contributed by atoms with Gasteiger partial charge >= 0.3 is 24.6 Å². The molecular formula is C31H24ClF9N2O4. The Balaban J connectivity index is 1.78. The van der Waals surface area contributed by atoms with E-state index in [2.05, 4.69) is 0 Å². The minimum atomic E-state index is -5.16. The lowest BCUT2D eigenvalue weighted by molar-refractivity contribution is -0.143. The van der Waals surface area contributed by atoms with Gasteiger partial charge in [-0.3, -0.25) is 4.90 Å². The van der Waals surface area contributed by atoms with Gasteiger partial charge in [0.2, 0.25) is 0 Å². The fourth-order valence-corrected chi connectivity index (χ4v) is 5.22. The van der Waals surface area contributed by atoms with Gasteiger partial charge in [0, 0.05) is 18.1 Å². The lowest BCUT2D eigenvalue weighted by Gasteiger charge is -2.24. The van der Waals surface area contributed by atoms with E-state index in [9.17, 15) is 44.3 Å². The van der Waals surface area contributed by atoms with E-state index >= 15 is 0 Å². The third-order valence-electron chi connectivity index (χ3n) is 7.34. The third kappa shape index (κ3) is 7.98. The van der Waals surface area contributed by atoms with Gasteiger partial charge in [0.15, 0.2) is 0 Å². The predicted octanol–water partition coefficient (Wildman–Crippen LogP) is 9.84. The first kappa shape index (κ1) is 35.5. The molecule has 252 valence electrons. The molecule has 2 atom stereocenters. The molecule has 1 aliphatic heterocycles. The molecule has 0 unspecified atom stereocenters. The number of carbonyl (C=O) groups is 1. The van der Waals surface area contributed by atoms with Gasteiger partial charge in [0.1, 0.15) is 17.6 Å². The summed E-state index contributed by atoms with van der Waals surface area (Å²) in [5.41, 5.74) is -4.73. The predicted molar refractivity (Wildman–Crippen MR) is 149 cm³/mol. The molecule has 1 amide bonds. The zero-order valence-corrected chi connectivity index (χ0v) is 25.2. The van der Waals surface area contributed by atoms with Crippen molar-refractivity contribution >= 4 is 17.7 Å². The zero-order chi connectivity index (χ0) is 34.9. The van der Waals surface area contributed by atoms with E-state index in [1.807, 2.05) is 6.07 Å². The van der Waals surface area contributed by atoms with Crippen LogP contribution in [0.1, 0.15) is 53.7 Å². The van der Waals surface area contributed by atoms with Crippen LogP contribution in [0.2, 0.25) is 5.02 Å². The van der Waals surface area contributed by atoms with Crippen LogP contribution in [0, 0.1) is 11.3 Å². The van der Waals surface area contributed by atoms with E-state index in [0.717, 1.165) is 23.1 Å². The van der Waals surface area contributed by atoms with Crippen LogP contribution in [0.4, 0.5) is 44.3 Å². The van der Waals surface area contributed by atoms with E-state index in [4.69, 9.17) is 31.1 Å². The average molecular weight is 695 g/mol. The molecule has 1 heterocycles. The summed E-state index contributed by atoms with van der Waals surface area (Å²) in [5, 5.41) is 8.85. The van der Waals surface area contributed by atoms with Crippen LogP contribution in [-0.2, 0) is 29.8 Å². The Morgan fingerprint density at radius 1 is 0.872 bits per heavy atom. The number of methoxy groups -OCH3 is 1. The highest BCUT2D eigenvalue weighted by atomic mass is 35.5. The molecule has 1 fully saturated rings. The quantitative estimate of drug-likeness (QED) is 0.165. The van der Waals surface area contributed by atoms with Gasteiger partial charge in [-0.1, -0.05) is 17.7 Å². The normalized spacial score (nSPS) is 17.0. The number of nitriles is 1. The highest BCUT2D eigenvalue weighted by Crippen LogP contribution is 2.44. The van der Waals surface area contributed by atoms with E-state index in [1.54, 1.807) is 0 Å². The number of hydrogen-bond donors (Lipinski definition) is 0. The molecule has 4 rings (SSSR count). The second kappa shape index (κ2) is 13.4. The number of rotatable bonds is 9. The number of unbranched alkanes of at least 4 members (excludes halogenated alkanes) is 1. The Morgan fingerprint density at radius 2 is 1.49 bits per heavy atom. The lowest BCUT2D eigenvalue weighted by atomic mass is 9.94. The number of benzene rings is 3. The first-order valence-electron chi connectivity index (χ1n) is 13.7. The van der Waals surface area contributed by atoms with Crippen LogP contribution >= 0.6 is 11.6 Å².